The van der Waals surface area contributed by atoms with Crippen molar-refractivity contribution in [1.82, 2.24) is 15.1 Å². The van der Waals surface area contributed by atoms with Gasteiger partial charge in [-0.2, -0.15) is 0 Å². The molecule has 0 saturated heterocycles. The largest absolute Gasteiger partial charge is 0.408 e. The molecule has 0 atom stereocenters. The monoisotopic (exact) mass is 170 g/mol. The fraction of sp³-hybridized carbons (Fsp3) is 0.500. The van der Waals surface area contributed by atoms with E-state index in [-0.39, 0.29) is 12.0 Å². The Morgan fingerprint density at radius 1 is 1.50 bits per heavy atom. The number of urea groups is 1. The van der Waals surface area contributed by atoms with Gasteiger partial charge in [-0.15, -0.1) is 5.10 Å². The van der Waals surface area contributed by atoms with Crippen LogP contribution in [0.2, 0.25) is 0 Å². The zero-order valence-electron chi connectivity index (χ0n) is 7.16. The lowest BCUT2D eigenvalue weighted by molar-refractivity contribution is 0.230. The van der Waals surface area contributed by atoms with Crippen LogP contribution in [0.15, 0.2) is 4.42 Å². The van der Waals surface area contributed by atoms with Gasteiger partial charge in [-0.05, 0) is 0 Å². The highest BCUT2D eigenvalue weighted by Gasteiger charge is 2.07. The number of anilines is 1. The number of hydrogen-bond acceptors (Lipinski definition) is 4. The molecule has 0 bridgehead atoms. The quantitative estimate of drug-likeness (QED) is 0.665. The lowest BCUT2D eigenvalue weighted by atomic mass is 10.8. The van der Waals surface area contributed by atoms with Crippen molar-refractivity contribution in [3.05, 3.63) is 5.89 Å². The number of amides is 2. The summed E-state index contributed by atoms with van der Waals surface area (Å²) < 4.78 is 4.92. The van der Waals surface area contributed by atoms with Crippen molar-refractivity contribution in [2.75, 3.05) is 19.4 Å². The molecule has 1 N–H and O–H groups in total. The van der Waals surface area contributed by atoms with E-state index in [1.165, 1.54) is 4.90 Å². The Morgan fingerprint density at radius 2 is 2.17 bits per heavy atom. The SMILES string of the molecule is Cc1nnc(NC(=O)N(C)C)o1. The molecule has 6 nitrogen and oxygen atoms in total. The third-order valence-electron chi connectivity index (χ3n) is 1.15. The third-order valence-corrected chi connectivity index (χ3v) is 1.15. The molecule has 1 heterocycles. The standard InChI is InChI=1S/C6H10N4O2/c1-4-8-9-5(12-4)7-6(11)10(2)3/h1-3H3,(H,7,9,11). The van der Waals surface area contributed by atoms with Crippen LogP contribution in [0.25, 0.3) is 0 Å². The van der Waals surface area contributed by atoms with Gasteiger partial charge in [0.15, 0.2) is 0 Å². The van der Waals surface area contributed by atoms with E-state index in [9.17, 15) is 4.79 Å². The van der Waals surface area contributed by atoms with Gasteiger partial charge in [-0.3, -0.25) is 5.32 Å². The first kappa shape index (κ1) is 8.51. The number of nitrogens with one attached hydrogen (secondary N) is 1. The lowest BCUT2D eigenvalue weighted by Gasteiger charge is -2.07. The number of nitrogens with zero attached hydrogens (tertiary/aromatic N) is 3. The second kappa shape index (κ2) is 3.21. The van der Waals surface area contributed by atoms with Gasteiger partial charge in [0.25, 0.3) is 0 Å². The van der Waals surface area contributed by atoms with Crippen LogP contribution in [0.5, 0.6) is 0 Å². The average Bonchev–Trinajstić information content (AvgIpc) is 2.35. The summed E-state index contributed by atoms with van der Waals surface area (Å²) in [5, 5.41) is 9.55. The molecule has 1 rings (SSSR count). The molecule has 0 spiro atoms. The Balaban J connectivity index is 2.58. The molecule has 0 radical (unpaired) electrons. The fourth-order valence-electron chi connectivity index (χ4n) is 0.550. The number of aromatic nitrogens is 2. The summed E-state index contributed by atoms with van der Waals surface area (Å²) in [6, 6.07) is -0.176. The van der Waals surface area contributed by atoms with Crippen molar-refractivity contribution in [3.8, 4) is 0 Å². The van der Waals surface area contributed by atoms with Crippen molar-refractivity contribution in [2.45, 2.75) is 6.92 Å². The normalized spacial score (nSPS) is 9.58. The summed E-state index contributed by atoms with van der Waals surface area (Å²) in [6.07, 6.45) is 0. The molecular formula is C6H10N4O2. The van der Waals surface area contributed by atoms with Crippen molar-refractivity contribution in [1.29, 1.82) is 0 Å². The number of carbonyl (C=O) groups is 1. The minimum Gasteiger partial charge on any atom is -0.408 e. The average molecular weight is 170 g/mol. The summed E-state index contributed by atoms with van der Waals surface area (Å²) in [4.78, 5) is 12.4. The van der Waals surface area contributed by atoms with Gasteiger partial charge in [0.05, 0.1) is 0 Å². The van der Waals surface area contributed by atoms with Crippen LogP contribution in [-0.4, -0.2) is 35.2 Å². The van der Waals surface area contributed by atoms with E-state index in [1.807, 2.05) is 0 Å². The molecule has 0 aliphatic rings. The van der Waals surface area contributed by atoms with E-state index < -0.39 is 0 Å². The molecule has 0 saturated carbocycles. The molecule has 0 aliphatic heterocycles. The van der Waals surface area contributed by atoms with Crippen LogP contribution >= 0.6 is 0 Å². The van der Waals surface area contributed by atoms with E-state index in [0.29, 0.717) is 5.89 Å². The van der Waals surface area contributed by atoms with Gasteiger partial charge in [-0.1, -0.05) is 5.10 Å². The zero-order chi connectivity index (χ0) is 9.14. The third kappa shape index (κ3) is 1.94. The number of aryl methyl sites for hydroxylation is 1. The van der Waals surface area contributed by atoms with Crippen molar-refractivity contribution < 1.29 is 9.21 Å². The maximum absolute atomic E-state index is 11.0. The predicted octanol–water partition coefficient (Wildman–Crippen LogP) is 0.472. The maximum atomic E-state index is 11.0. The number of rotatable bonds is 1. The maximum Gasteiger partial charge on any atom is 0.324 e. The Morgan fingerprint density at radius 3 is 2.58 bits per heavy atom. The van der Waals surface area contributed by atoms with E-state index in [0.717, 1.165) is 0 Å². The minimum atomic E-state index is -0.293. The van der Waals surface area contributed by atoms with Crippen LogP contribution in [-0.2, 0) is 0 Å². The van der Waals surface area contributed by atoms with Gasteiger partial charge < -0.3 is 9.32 Å². The summed E-state index contributed by atoms with van der Waals surface area (Å²) in [6.45, 7) is 1.65. The van der Waals surface area contributed by atoms with E-state index >= 15 is 0 Å². The van der Waals surface area contributed by atoms with Gasteiger partial charge >= 0.3 is 12.0 Å². The highest BCUT2D eigenvalue weighted by Crippen LogP contribution is 2.03. The fourth-order valence-corrected chi connectivity index (χ4v) is 0.550. The molecule has 2 amide bonds. The molecular weight excluding hydrogens is 160 g/mol. The smallest absolute Gasteiger partial charge is 0.324 e. The van der Waals surface area contributed by atoms with Gasteiger partial charge in [-0.25, -0.2) is 4.79 Å². The topological polar surface area (TPSA) is 71.3 Å². The Hall–Kier alpha value is -1.59. The lowest BCUT2D eigenvalue weighted by Crippen LogP contribution is -2.27. The van der Waals surface area contributed by atoms with Gasteiger partial charge in [0, 0.05) is 21.0 Å². The Kier molecular flexibility index (Phi) is 2.27. The molecule has 1 aromatic rings. The van der Waals surface area contributed by atoms with Gasteiger partial charge in [0.1, 0.15) is 0 Å². The number of hydrogen-bond donors (Lipinski definition) is 1. The molecule has 0 aliphatic carbocycles. The molecule has 0 fully saturated rings. The van der Waals surface area contributed by atoms with Crippen LogP contribution in [0, 0.1) is 6.92 Å². The molecule has 6 heteroatoms. The summed E-state index contributed by atoms with van der Waals surface area (Å²) in [5.41, 5.74) is 0. The van der Waals surface area contributed by atoms with Crippen molar-refractivity contribution in [2.24, 2.45) is 0 Å². The van der Waals surface area contributed by atoms with Crippen molar-refractivity contribution >= 4 is 12.0 Å². The molecule has 0 unspecified atom stereocenters. The Labute approximate surface area is 69.6 Å². The van der Waals surface area contributed by atoms with E-state index in [4.69, 9.17) is 4.42 Å². The van der Waals surface area contributed by atoms with E-state index in [2.05, 4.69) is 15.5 Å². The molecule has 0 aromatic carbocycles. The summed E-state index contributed by atoms with van der Waals surface area (Å²) in [5.74, 6) is 0.420. The van der Waals surface area contributed by atoms with Crippen LogP contribution < -0.4 is 5.32 Å². The minimum absolute atomic E-state index is 0.117. The zero-order valence-corrected chi connectivity index (χ0v) is 7.16. The first-order chi connectivity index (χ1) is 5.59. The molecule has 12 heavy (non-hydrogen) atoms. The van der Waals surface area contributed by atoms with E-state index in [1.54, 1.807) is 21.0 Å². The molecule has 1 aromatic heterocycles. The molecule has 66 valence electrons. The second-order valence-corrected chi connectivity index (χ2v) is 2.45. The predicted molar refractivity (Wildman–Crippen MR) is 41.7 cm³/mol. The van der Waals surface area contributed by atoms with Crippen LogP contribution in [0.1, 0.15) is 5.89 Å². The Bertz CT molecular complexity index is 281. The first-order valence-electron chi connectivity index (χ1n) is 3.38. The summed E-state index contributed by atoms with van der Waals surface area (Å²) >= 11 is 0. The first-order valence-corrected chi connectivity index (χ1v) is 3.38. The van der Waals surface area contributed by atoms with Crippen LogP contribution in [0.3, 0.4) is 0 Å². The highest BCUT2D eigenvalue weighted by molar-refractivity contribution is 5.86. The van der Waals surface area contributed by atoms with Crippen LogP contribution in [0.4, 0.5) is 10.8 Å². The summed E-state index contributed by atoms with van der Waals surface area (Å²) in [7, 11) is 3.25. The van der Waals surface area contributed by atoms with Crippen molar-refractivity contribution in [3.63, 3.8) is 0 Å². The van der Waals surface area contributed by atoms with Gasteiger partial charge in [0.2, 0.25) is 5.89 Å². The number of carbonyl (C=O) groups excluding carboxylic acids is 1. The second-order valence-electron chi connectivity index (χ2n) is 2.45. The highest BCUT2D eigenvalue weighted by atomic mass is 16.4.